The third-order valence-electron chi connectivity index (χ3n) is 5.49. The Morgan fingerprint density at radius 1 is 0.606 bits per heavy atom. The average molecular weight is 472 g/mol. The Morgan fingerprint density at radius 2 is 1.06 bits per heavy atom. The molecule has 0 aliphatic carbocycles. The van der Waals surface area contributed by atoms with Crippen molar-refractivity contribution in [3.05, 3.63) is 115 Å². The summed E-state index contributed by atoms with van der Waals surface area (Å²) in [7, 11) is 0.257. The van der Waals surface area contributed by atoms with Gasteiger partial charge in [0.1, 0.15) is 5.75 Å². The minimum atomic E-state index is -0.802. The highest BCUT2D eigenvalue weighted by atomic mass is 31.2. The van der Waals surface area contributed by atoms with Gasteiger partial charge < -0.3 is 4.74 Å². The molecule has 1 atom stereocenters. The lowest BCUT2D eigenvalue weighted by molar-refractivity contribution is 0.418. The number of benzene rings is 4. The Morgan fingerprint density at radius 3 is 1.55 bits per heavy atom. The Balaban J connectivity index is 1.94. The van der Waals surface area contributed by atoms with Crippen molar-refractivity contribution in [3.63, 3.8) is 0 Å². The van der Waals surface area contributed by atoms with E-state index in [4.69, 9.17) is 4.74 Å². The van der Waals surface area contributed by atoms with E-state index in [-0.39, 0.29) is 0 Å². The molecule has 0 saturated carbocycles. The van der Waals surface area contributed by atoms with Gasteiger partial charge in [0.2, 0.25) is 0 Å². The molecule has 0 radical (unpaired) electrons. The maximum atomic E-state index is 5.89. The van der Waals surface area contributed by atoms with Gasteiger partial charge in [-0.3, -0.25) is 0 Å². The number of hydrogen-bond acceptors (Lipinski definition) is 2. The first-order valence-electron chi connectivity index (χ1n) is 11.5. The molecule has 0 saturated heterocycles. The summed E-state index contributed by atoms with van der Waals surface area (Å²) in [5, 5.41) is 5.39. The summed E-state index contributed by atoms with van der Waals surface area (Å²) in [4.78, 5) is 0. The number of ether oxygens (including phenoxy) is 1. The van der Waals surface area contributed by atoms with Crippen LogP contribution in [0, 0.1) is 0 Å². The largest absolute Gasteiger partial charge is 0.496 e. The number of para-hydroxylation sites is 1. The Bertz CT molecular complexity index is 1070. The first kappa shape index (κ1) is 23.7. The molecule has 0 bridgehead atoms. The van der Waals surface area contributed by atoms with E-state index in [0.29, 0.717) is 0 Å². The molecule has 0 spiro atoms. The van der Waals surface area contributed by atoms with Crippen molar-refractivity contribution in [2.24, 2.45) is 0 Å². The average Bonchev–Trinajstić information content (AvgIpc) is 2.89. The van der Waals surface area contributed by atoms with Crippen LogP contribution in [0.15, 0.2) is 115 Å². The molecule has 168 valence electrons. The molecule has 4 heteroatoms. The van der Waals surface area contributed by atoms with Crippen LogP contribution in [0.3, 0.4) is 0 Å². The van der Waals surface area contributed by atoms with Gasteiger partial charge in [0.25, 0.3) is 0 Å². The number of rotatable bonds is 10. The Labute approximate surface area is 200 Å². The van der Waals surface area contributed by atoms with Crippen LogP contribution in [0.5, 0.6) is 5.75 Å². The highest BCUT2D eigenvalue weighted by molar-refractivity contribution is 7.84. The van der Waals surface area contributed by atoms with E-state index in [1.165, 1.54) is 21.2 Å². The lowest BCUT2D eigenvalue weighted by Crippen LogP contribution is -2.32. The van der Waals surface area contributed by atoms with E-state index >= 15 is 0 Å². The molecule has 2 nitrogen and oxygen atoms in total. The third-order valence-corrected chi connectivity index (χ3v) is 11.1. The molecule has 0 heterocycles. The van der Waals surface area contributed by atoms with E-state index in [1.54, 1.807) is 7.11 Å². The number of hydrogen-bond donors (Lipinski definition) is 0. The van der Waals surface area contributed by atoms with Crippen LogP contribution >= 0.6 is 16.1 Å². The second kappa shape index (κ2) is 12.1. The van der Waals surface area contributed by atoms with Gasteiger partial charge in [-0.25, -0.2) is 4.44 Å². The lowest BCUT2D eigenvalue weighted by atomic mass is 10.3. The zero-order valence-corrected chi connectivity index (χ0v) is 21.1. The first-order chi connectivity index (χ1) is 16.3. The van der Waals surface area contributed by atoms with Gasteiger partial charge in [0.05, 0.1) is 7.11 Å². The van der Waals surface area contributed by atoms with Crippen molar-refractivity contribution in [1.29, 1.82) is 0 Å². The van der Waals surface area contributed by atoms with Gasteiger partial charge in [-0.2, -0.15) is 0 Å². The van der Waals surface area contributed by atoms with Crippen LogP contribution < -0.4 is 26.0 Å². The minimum absolute atomic E-state index is 0.723. The normalized spacial score (nSPS) is 12.1. The summed E-state index contributed by atoms with van der Waals surface area (Å²) >= 11 is 0. The molecule has 0 aliphatic heterocycles. The number of unbranched alkanes of at least 4 members (excludes halogenated alkanes) is 1. The monoisotopic (exact) mass is 471 g/mol. The summed E-state index contributed by atoms with van der Waals surface area (Å²) in [6.07, 6.45) is 2.31. The molecule has 0 amide bonds. The second-order valence-corrected chi connectivity index (χ2v) is 12.3. The zero-order valence-electron chi connectivity index (χ0n) is 19.3. The molecular weight excluding hydrogens is 440 g/mol. The first-order valence-corrected chi connectivity index (χ1v) is 14.1. The predicted molar refractivity (Wildman–Crippen MR) is 146 cm³/mol. The van der Waals surface area contributed by atoms with E-state index in [0.717, 1.165) is 25.1 Å². The third kappa shape index (κ3) is 5.71. The number of nitrogens with zero attached hydrogens (tertiary/aromatic N) is 1. The van der Waals surface area contributed by atoms with Gasteiger partial charge in [-0.05, 0) is 34.5 Å². The fourth-order valence-corrected chi connectivity index (χ4v) is 10.1. The van der Waals surface area contributed by atoms with Crippen LogP contribution in [0.2, 0.25) is 0 Å². The summed E-state index contributed by atoms with van der Waals surface area (Å²) < 4.78 is 8.67. The molecule has 0 fully saturated rings. The summed E-state index contributed by atoms with van der Waals surface area (Å²) in [6, 6.07) is 41.6. The summed E-state index contributed by atoms with van der Waals surface area (Å²) in [6.45, 7) is 3.31. The van der Waals surface area contributed by atoms with Crippen LogP contribution in [0.1, 0.15) is 19.8 Å². The predicted octanol–water partition coefficient (Wildman–Crippen LogP) is 6.19. The Hall–Kier alpha value is -2.50. The smallest absolute Gasteiger partial charge is 0.128 e. The second-order valence-electron chi connectivity index (χ2n) is 7.75. The maximum absolute atomic E-state index is 5.89. The van der Waals surface area contributed by atoms with Crippen molar-refractivity contribution >= 4 is 37.4 Å². The topological polar surface area (TPSA) is 12.5 Å². The van der Waals surface area contributed by atoms with Gasteiger partial charge in [0.15, 0.2) is 0 Å². The van der Waals surface area contributed by atoms with E-state index < -0.39 is 16.1 Å². The van der Waals surface area contributed by atoms with Crippen molar-refractivity contribution in [1.82, 2.24) is 4.44 Å². The van der Waals surface area contributed by atoms with Crippen LogP contribution in [-0.4, -0.2) is 18.1 Å². The molecule has 1 unspecified atom stereocenters. The highest BCUT2D eigenvalue weighted by Crippen LogP contribution is 2.55. The lowest BCUT2D eigenvalue weighted by Gasteiger charge is -2.39. The zero-order chi connectivity index (χ0) is 22.9. The molecule has 4 rings (SSSR count). The molecular formula is C29H31NOP2. The van der Waals surface area contributed by atoms with Crippen LogP contribution in [0.4, 0.5) is 0 Å². The van der Waals surface area contributed by atoms with Gasteiger partial charge in [-0.15, -0.1) is 0 Å². The van der Waals surface area contributed by atoms with Gasteiger partial charge >= 0.3 is 0 Å². The molecule has 0 aromatic heterocycles. The van der Waals surface area contributed by atoms with E-state index in [9.17, 15) is 0 Å². The Kier molecular flexibility index (Phi) is 8.67. The van der Waals surface area contributed by atoms with Crippen molar-refractivity contribution in [3.8, 4) is 5.75 Å². The fraction of sp³-hybridized carbons (Fsp3) is 0.172. The minimum Gasteiger partial charge on any atom is -0.496 e. The van der Waals surface area contributed by atoms with Crippen LogP contribution in [-0.2, 0) is 0 Å². The molecule has 4 aromatic rings. The molecule has 33 heavy (non-hydrogen) atoms. The summed E-state index contributed by atoms with van der Waals surface area (Å²) in [5.41, 5.74) is 0. The van der Waals surface area contributed by atoms with Crippen molar-refractivity contribution < 1.29 is 4.74 Å². The van der Waals surface area contributed by atoms with Crippen LogP contribution in [0.25, 0.3) is 0 Å². The highest BCUT2D eigenvalue weighted by Gasteiger charge is 2.32. The maximum Gasteiger partial charge on any atom is 0.128 e. The summed E-state index contributed by atoms with van der Waals surface area (Å²) in [5.74, 6) is 0.963. The molecule has 4 aromatic carbocycles. The van der Waals surface area contributed by atoms with Crippen molar-refractivity contribution in [2.75, 3.05) is 13.7 Å². The standard InChI is InChI=1S/C29H31NOP2/c1-3-4-24-30(32(25-16-8-5-9-17-25)26-18-10-6-11-19-26)33(27-20-12-7-13-21-27)29-23-15-14-22-28(29)31-2/h5-23H,3-4,24H2,1-2H3. The van der Waals surface area contributed by atoms with E-state index in [1.807, 2.05) is 0 Å². The van der Waals surface area contributed by atoms with E-state index in [2.05, 4.69) is 127 Å². The molecule has 0 aliphatic rings. The van der Waals surface area contributed by atoms with Gasteiger partial charge in [0, 0.05) is 28.0 Å². The van der Waals surface area contributed by atoms with Gasteiger partial charge in [-0.1, -0.05) is 116 Å². The quantitative estimate of drug-likeness (QED) is 0.256. The van der Waals surface area contributed by atoms with Crippen molar-refractivity contribution in [2.45, 2.75) is 19.8 Å². The molecule has 0 N–H and O–H groups in total. The SMILES string of the molecule is CCCCN(P(c1ccccc1)c1ccccc1)P(c1ccccc1)c1ccccc1OC. The number of methoxy groups -OCH3 is 1. The fourth-order valence-electron chi connectivity index (χ4n) is 3.91.